The van der Waals surface area contributed by atoms with E-state index in [1.165, 1.54) is 12.7 Å². The van der Waals surface area contributed by atoms with E-state index in [4.69, 9.17) is 9.47 Å². The highest BCUT2D eigenvalue weighted by Crippen LogP contribution is 2.22. The molecule has 0 saturated carbocycles. The molecule has 2 unspecified atom stereocenters. The van der Waals surface area contributed by atoms with Gasteiger partial charge in [-0.15, -0.1) is 0 Å². The Morgan fingerprint density at radius 2 is 2.00 bits per heavy atom. The lowest BCUT2D eigenvalue weighted by atomic mass is 10.1. The number of carbonyl (C=O) groups excluding carboxylic acids is 1. The molecular formula is C14H19NO3. The number of ether oxygens (including phenoxy) is 2. The maximum atomic E-state index is 11.7. The number of esters is 1. The molecule has 1 aromatic rings. The van der Waals surface area contributed by atoms with E-state index in [0.29, 0.717) is 6.54 Å². The second-order valence-corrected chi connectivity index (χ2v) is 4.58. The number of nitrogens with zero attached hydrogens (tertiary/aromatic N) is 1. The van der Waals surface area contributed by atoms with Gasteiger partial charge in [-0.1, -0.05) is 30.3 Å². The molecule has 0 amide bonds. The molecule has 1 aromatic carbocycles. The zero-order chi connectivity index (χ0) is 13.0. The van der Waals surface area contributed by atoms with E-state index in [1.807, 2.05) is 18.2 Å². The molecule has 18 heavy (non-hydrogen) atoms. The fraction of sp³-hybridized carbons (Fsp3) is 0.500. The molecule has 1 aliphatic heterocycles. The Labute approximate surface area is 107 Å². The SMILES string of the molecule is COC(=O)C1CN(Cc2ccccc2)CC1OC. The van der Waals surface area contributed by atoms with Crippen molar-refractivity contribution in [2.45, 2.75) is 12.6 Å². The smallest absolute Gasteiger partial charge is 0.312 e. The highest BCUT2D eigenvalue weighted by Gasteiger charge is 2.38. The van der Waals surface area contributed by atoms with Crippen LogP contribution in [0.15, 0.2) is 30.3 Å². The Balaban J connectivity index is 1.99. The van der Waals surface area contributed by atoms with E-state index in [9.17, 15) is 4.79 Å². The van der Waals surface area contributed by atoms with E-state index in [0.717, 1.165) is 13.1 Å². The van der Waals surface area contributed by atoms with E-state index in [2.05, 4.69) is 17.0 Å². The fourth-order valence-corrected chi connectivity index (χ4v) is 2.44. The Hall–Kier alpha value is -1.39. The van der Waals surface area contributed by atoms with Crippen LogP contribution < -0.4 is 0 Å². The topological polar surface area (TPSA) is 38.8 Å². The summed E-state index contributed by atoms with van der Waals surface area (Å²) in [6.07, 6.45) is -0.0684. The Morgan fingerprint density at radius 1 is 1.28 bits per heavy atom. The molecule has 0 bridgehead atoms. The first-order valence-corrected chi connectivity index (χ1v) is 6.11. The van der Waals surface area contributed by atoms with Gasteiger partial charge in [-0.3, -0.25) is 9.69 Å². The minimum absolute atomic E-state index is 0.0684. The minimum atomic E-state index is -0.183. The van der Waals surface area contributed by atoms with Crippen LogP contribution in [0, 0.1) is 5.92 Å². The number of benzene rings is 1. The maximum Gasteiger partial charge on any atom is 0.312 e. The molecule has 0 spiro atoms. The summed E-state index contributed by atoms with van der Waals surface area (Å²) in [6.45, 7) is 2.30. The van der Waals surface area contributed by atoms with E-state index in [1.54, 1.807) is 7.11 Å². The standard InChI is InChI=1S/C14H19NO3/c1-17-13-10-15(9-12(13)14(16)18-2)8-11-6-4-3-5-7-11/h3-7,12-13H,8-10H2,1-2H3. The van der Waals surface area contributed by atoms with Crippen molar-refractivity contribution in [1.29, 1.82) is 0 Å². The highest BCUT2D eigenvalue weighted by atomic mass is 16.5. The predicted octanol–water partition coefficient (Wildman–Crippen LogP) is 1.31. The molecule has 98 valence electrons. The van der Waals surface area contributed by atoms with Crippen LogP contribution in [0.2, 0.25) is 0 Å². The van der Waals surface area contributed by atoms with Crippen molar-refractivity contribution >= 4 is 5.97 Å². The Kier molecular flexibility index (Phi) is 4.33. The number of hydrogen-bond acceptors (Lipinski definition) is 4. The molecular weight excluding hydrogens is 230 g/mol. The average Bonchev–Trinajstić information content (AvgIpc) is 2.82. The van der Waals surface area contributed by atoms with Gasteiger partial charge in [-0.25, -0.2) is 0 Å². The number of methoxy groups -OCH3 is 2. The zero-order valence-corrected chi connectivity index (χ0v) is 10.8. The van der Waals surface area contributed by atoms with Crippen LogP contribution in [-0.4, -0.2) is 44.3 Å². The van der Waals surface area contributed by atoms with Gasteiger partial charge in [0.25, 0.3) is 0 Å². The Morgan fingerprint density at radius 3 is 2.61 bits per heavy atom. The van der Waals surface area contributed by atoms with Crippen LogP contribution in [0.25, 0.3) is 0 Å². The number of rotatable bonds is 4. The summed E-state index contributed by atoms with van der Waals surface area (Å²) < 4.78 is 10.2. The molecule has 1 fully saturated rings. The summed E-state index contributed by atoms with van der Waals surface area (Å²) in [4.78, 5) is 13.9. The van der Waals surface area contributed by atoms with Gasteiger partial charge in [0.2, 0.25) is 0 Å². The first kappa shape index (κ1) is 13.1. The normalized spacial score (nSPS) is 24.1. The van der Waals surface area contributed by atoms with Crippen LogP contribution >= 0.6 is 0 Å². The van der Waals surface area contributed by atoms with Gasteiger partial charge < -0.3 is 9.47 Å². The third-order valence-corrected chi connectivity index (χ3v) is 3.40. The first-order valence-electron chi connectivity index (χ1n) is 6.11. The summed E-state index contributed by atoms with van der Waals surface area (Å²) in [5.74, 6) is -0.360. The van der Waals surface area contributed by atoms with Gasteiger partial charge in [0.15, 0.2) is 0 Å². The third-order valence-electron chi connectivity index (χ3n) is 3.40. The molecule has 2 rings (SSSR count). The Bertz CT molecular complexity index is 393. The van der Waals surface area contributed by atoms with Gasteiger partial charge >= 0.3 is 5.97 Å². The van der Waals surface area contributed by atoms with Crippen LogP contribution in [0.5, 0.6) is 0 Å². The first-order chi connectivity index (χ1) is 8.74. The summed E-state index contributed by atoms with van der Waals surface area (Å²) in [7, 11) is 3.07. The fourth-order valence-electron chi connectivity index (χ4n) is 2.44. The van der Waals surface area contributed by atoms with Gasteiger partial charge in [-0.2, -0.15) is 0 Å². The van der Waals surface area contributed by atoms with Crippen molar-refractivity contribution in [1.82, 2.24) is 4.90 Å². The summed E-state index contributed by atoms with van der Waals surface area (Å²) >= 11 is 0. The van der Waals surface area contributed by atoms with Crippen LogP contribution in [0.3, 0.4) is 0 Å². The molecule has 4 heteroatoms. The van der Waals surface area contributed by atoms with Crippen LogP contribution in [0.1, 0.15) is 5.56 Å². The molecule has 0 aliphatic carbocycles. The summed E-state index contributed by atoms with van der Waals surface area (Å²) in [5.41, 5.74) is 1.25. The van der Waals surface area contributed by atoms with Crippen molar-refractivity contribution in [2.24, 2.45) is 5.92 Å². The highest BCUT2D eigenvalue weighted by molar-refractivity contribution is 5.73. The van der Waals surface area contributed by atoms with E-state index >= 15 is 0 Å². The van der Waals surface area contributed by atoms with Crippen molar-refractivity contribution < 1.29 is 14.3 Å². The second kappa shape index (κ2) is 5.98. The van der Waals surface area contributed by atoms with Crippen molar-refractivity contribution in [3.05, 3.63) is 35.9 Å². The molecule has 0 aromatic heterocycles. The zero-order valence-electron chi connectivity index (χ0n) is 10.8. The third kappa shape index (κ3) is 2.89. The lowest BCUT2D eigenvalue weighted by Gasteiger charge is -2.15. The van der Waals surface area contributed by atoms with Crippen LogP contribution in [-0.2, 0) is 20.8 Å². The van der Waals surface area contributed by atoms with Crippen molar-refractivity contribution in [2.75, 3.05) is 27.3 Å². The average molecular weight is 249 g/mol. The second-order valence-electron chi connectivity index (χ2n) is 4.58. The lowest BCUT2D eigenvalue weighted by Crippen LogP contribution is -2.29. The molecule has 1 heterocycles. The summed E-state index contributed by atoms with van der Waals surface area (Å²) in [6, 6.07) is 10.2. The lowest BCUT2D eigenvalue weighted by molar-refractivity contribution is -0.148. The van der Waals surface area contributed by atoms with E-state index < -0.39 is 0 Å². The van der Waals surface area contributed by atoms with Crippen LogP contribution in [0.4, 0.5) is 0 Å². The van der Waals surface area contributed by atoms with Crippen molar-refractivity contribution in [3.63, 3.8) is 0 Å². The van der Waals surface area contributed by atoms with Gasteiger partial charge in [0.1, 0.15) is 0 Å². The quantitative estimate of drug-likeness (QED) is 0.754. The maximum absolute atomic E-state index is 11.7. The molecule has 1 aliphatic rings. The number of hydrogen-bond donors (Lipinski definition) is 0. The molecule has 0 N–H and O–H groups in total. The van der Waals surface area contributed by atoms with Gasteiger partial charge in [0, 0.05) is 26.7 Å². The number of carbonyl (C=O) groups is 1. The monoisotopic (exact) mass is 249 g/mol. The van der Waals surface area contributed by atoms with Gasteiger partial charge in [-0.05, 0) is 5.56 Å². The van der Waals surface area contributed by atoms with Crippen molar-refractivity contribution in [3.8, 4) is 0 Å². The summed E-state index contributed by atoms with van der Waals surface area (Å²) in [5, 5.41) is 0. The predicted molar refractivity (Wildman–Crippen MR) is 68.0 cm³/mol. The molecule has 0 radical (unpaired) electrons. The van der Waals surface area contributed by atoms with E-state index in [-0.39, 0.29) is 18.0 Å². The molecule has 4 nitrogen and oxygen atoms in total. The van der Waals surface area contributed by atoms with Gasteiger partial charge in [0.05, 0.1) is 19.1 Å². The minimum Gasteiger partial charge on any atom is -0.469 e. The molecule has 1 saturated heterocycles. The number of likely N-dealkylation sites (tertiary alicyclic amines) is 1. The largest absolute Gasteiger partial charge is 0.469 e. The molecule has 2 atom stereocenters.